The van der Waals surface area contributed by atoms with Gasteiger partial charge in [-0.1, -0.05) is 6.07 Å². The molecule has 1 unspecified atom stereocenters. The summed E-state index contributed by atoms with van der Waals surface area (Å²) in [5, 5.41) is 11.6. The molecular weight excluding hydrogens is 267 g/mol. The minimum atomic E-state index is -0.756. The van der Waals surface area contributed by atoms with E-state index in [2.05, 4.69) is 6.26 Å². The number of nitro benzene ring substituents is 1. The molecule has 6 heteroatoms. The Balaban J connectivity index is 2.26. The first-order valence-corrected chi connectivity index (χ1v) is 7.63. The van der Waals surface area contributed by atoms with Crippen molar-refractivity contribution >= 4 is 23.1 Å². The van der Waals surface area contributed by atoms with E-state index < -0.39 is 16.4 Å². The summed E-state index contributed by atoms with van der Waals surface area (Å²) in [5.41, 5.74) is 0.0110. The first-order chi connectivity index (χ1) is 9.13. The van der Waals surface area contributed by atoms with Crippen molar-refractivity contribution in [3.63, 3.8) is 0 Å². The van der Waals surface area contributed by atoms with Crippen LogP contribution in [0.3, 0.4) is 0 Å². The van der Waals surface area contributed by atoms with Crippen LogP contribution >= 0.6 is 11.8 Å². The predicted molar refractivity (Wildman–Crippen MR) is 76.4 cm³/mol. The van der Waals surface area contributed by atoms with Crippen LogP contribution in [0.5, 0.6) is 0 Å². The van der Waals surface area contributed by atoms with Crippen LogP contribution in [0.1, 0.15) is 19.3 Å². The van der Waals surface area contributed by atoms with Crippen molar-refractivity contribution in [2.75, 3.05) is 24.2 Å². The van der Waals surface area contributed by atoms with Gasteiger partial charge in [0.15, 0.2) is 0 Å². The second-order valence-corrected chi connectivity index (χ2v) is 5.78. The molecule has 1 saturated heterocycles. The summed E-state index contributed by atoms with van der Waals surface area (Å²) in [6, 6.07) is 4.32. The maximum absolute atomic E-state index is 13.6. The van der Waals surface area contributed by atoms with E-state index in [1.807, 2.05) is 16.7 Å². The fourth-order valence-electron chi connectivity index (χ4n) is 2.48. The Hall–Kier alpha value is -1.30. The van der Waals surface area contributed by atoms with Crippen LogP contribution < -0.4 is 4.90 Å². The average molecular weight is 284 g/mol. The molecule has 1 aromatic rings. The zero-order valence-electron chi connectivity index (χ0n) is 10.8. The van der Waals surface area contributed by atoms with Gasteiger partial charge in [-0.15, -0.1) is 0 Å². The van der Waals surface area contributed by atoms with Crippen molar-refractivity contribution < 1.29 is 9.31 Å². The molecule has 0 radical (unpaired) electrons. The minimum absolute atomic E-state index is 0.398. The van der Waals surface area contributed by atoms with Gasteiger partial charge in [-0.3, -0.25) is 10.1 Å². The lowest BCUT2D eigenvalue weighted by Gasteiger charge is -2.22. The van der Waals surface area contributed by atoms with E-state index >= 15 is 0 Å². The van der Waals surface area contributed by atoms with E-state index in [0.717, 1.165) is 38.4 Å². The molecule has 1 heterocycles. The highest BCUT2D eigenvalue weighted by atomic mass is 32.2. The van der Waals surface area contributed by atoms with Gasteiger partial charge in [0, 0.05) is 18.3 Å². The Morgan fingerprint density at radius 2 is 2.21 bits per heavy atom. The van der Waals surface area contributed by atoms with Crippen LogP contribution in [0.4, 0.5) is 15.8 Å². The molecule has 0 saturated carbocycles. The molecule has 1 aromatic carbocycles. The number of nitro groups is 1. The number of thioether (sulfide) groups is 1. The molecule has 1 aliphatic heterocycles. The summed E-state index contributed by atoms with van der Waals surface area (Å²) in [6.45, 7) is 1.50. The average Bonchev–Trinajstić information content (AvgIpc) is 2.63. The molecule has 0 amide bonds. The van der Waals surface area contributed by atoms with Crippen molar-refractivity contribution in [2.45, 2.75) is 24.5 Å². The van der Waals surface area contributed by atoms with Crippen molar-refractivity contribution in [1.82, 2.24) is 0 Å². The largest absolute Gasteiger partial charge is 0.366 e. The van der Waals surface area contributed by atoms with E-state index in [0.29, 0.717) is 10.9 Å². The minimum Gasteiger partial charge on any atom is -0.366 e. The van der Waals surface area contributed by atoms with Crippen LogP contribution in [0, 0.1) is 15.9 Å². The van der Waals surface area contributed by atoms with Gasteiger partial charge in [-0.25, -0.2) is 0 Å². The molecule has 2 rings (SSSR count). The number of anilines is 1. The second kappa shape index (κ2) is 6.23. The van der Waals surface area contributed by atoms with Gasteiger partial charge in [-0.05, 0) is 37.7 Å². The fourth-order valence-corrected chi connectivity index (χ4v) is 3.23. The van der Waals surface area contributed by atoms with Gasteiger partial charge in [0.25, 0.3) is 0 Å². The van der Waals surface area contributed by atoms with E-state index in [1.54, 1.807) is 6.07 Å². The topological polar surface area (TPSA) is 46.4 Å². The Morgan fingerprint density at radius 1 is 1.42 bits per heavy atom. The standard InChI is InChI=1S/C13H17FN2O2S/c1-19-10-4-3-8-15(9-7-10)12-6-2-5-11(14)13(12)16(17)18/h2,5-6,10H,3-4,7-9H2,1H3. The summed E-state index contributed by atoms with van der Waals surface area (Å²) < 4.78 is 13.6. The van der Waals surface area contributed by atoms with Crippen molar-refractivity contribution in [3.05, 3.63) is 34.1 Å². The number of halogens is 1. The lowest BCUT2D eigenvalue weighted by atomic mass is 10.2. The Labute approximate surface area is 116 Å². The van der Waals surface area contributed by atoms with Crippen molar-refractivity contribution in [2.24, 2.45) is 0 Å². The van der Waals surface area contributed by atoms with Crippen LogP contribution in [0.25, 0.3) is 0 Å². The van der Waals surface area contributed by atoms with E-state index in [9.17, 15) is 14.5 Å². The van der Waals surface area contributed by atoms with Gasteiger partial charge < -0.3 is 4.90 Å². The fraction of sp³-hybridized carbons (Fsp3) is 0.538. The summed E-state index contributed by atoms with van der Waals surface area (Å²) in [5.74, 6) is -0.756. The van der Waals surface area contributed by atoms with E-state index in [4.69, 9.17) is 0 Å². The van der Waals surface area contributed by atoms with Gasteiger partial charge in [0.05, 0.1) is 4.92 Å². The summed E-state index contributed by atoms with van der Waals surface area (Å²) in [4.78, 5) is 12.3. The molecular formula is C13H17FN2O2S. The lowest BCUT2D eigenvalue weighted by Crippen LogP contribution is -2.25. The molecule has 104 valence electrons. The zero-order chi connectivity index (χ0) is 13.8. The number of rotatable bonds is 3. The van der Waals surface area contributed by atoms with Crippen molar-refractivity contribution in [1.29, 1.82) is 0 Å². The normalized spacial score (nSPS) is 20.1. The van der Waals surface area contributed by atoms with Gasteiger partial charge in [0.2, 0.25) is 5.82 Å². The predicted octanol–water partition coefficient (Wildman–Crippen LogP) is 3.46. The molecule has 0 aliphatic carbocycles. The molecule has 4 nitrogen and oxygen atoms in total. The molecule has 1 fully saturated rings. The summed E-state index contributed by atoms with van der Waals surface area (Å²) >= 11 is 1.84. The summed E-state index contributed by atoms with van der Waals surface area (Å²) in [6.07, 6.45) is 5.17. The first-order valence-electron chi connectivity index (χ1n) is 6.34. The monoisotopic (exact) mass is 284 g/mol. The number of hydrogen-bond acceptors (Lipinski definition) is 4. The number of hydrogen-bond donors (Lipinski definition) is 0. The quantitative estimate of drug-likeness (QED) is 0.630. The highest BCUT2D eigenvalue weighted by Crippen LogP contribution is 2.33. The highest BCUT2D eigenvalue weighted by molar-refractivity contribution is 7.99. The Bertz CT molecular complexity index is 470. The van der Waals surface area contributed by atoms with Crippen LogP contribution in [-0.2, 0) is 0 Å². The molecule has 0 aromatic heterocycles. The third-order valence-electron chi connectivity index (χ3n) is 3.50. The maximum atomic E-state index is 13.6. The number of benzene rings is 1. The van der Waals surface area contributed by atoms with Crippen LogP contribution in [0.15, 0.2) is 18.2 Å². The summed E-state index contributed by atoms with van der Waals surface area (Å²) in [7, 11) is 0. The van der Waals surface area contributed by atoms with Gasteiger partial charge >= 0.3 is 5.69 Å². The Morgan fingerprint density at radius 3 is 2.89 bits per heavy atom. The SMILES string of the molecule is CSC1CCCN(c2cccc(F)c2[N+](=O)[O-])CC1. The van der Waals surface area contributed by atoms with Crippen LogP contribution in [0.2, 0.25) is 0 Å². The maximum Gasteiger partial charge on any atom is 0.327 e. The van der Waals surface area contributed by atoms with E-state index in [1.165, 1.54) is 6.07 Å². The molecule has 0 spiro atoms. The van der Waals surface area contributed by atoms with Crippen molar-refractivity contribution in [3.8, 4) is 0 Å². The second-order valence-electron chi connectivity index (χ2n) is 4.64. The highest BCUT2D eigenvalue weighted by Gasteiger charge is 2.25. The lowest BCUT2D eigenvalue weighted by molar-refractivity contribution is -0.386. The molecule has 19 heavy (non-hydrogen) atoms. The Kier molecular flexibility index (Phi) is 4.63. The molecule has 0 N–H and O–H groups in total. The molecule has 0 bridgehead atoms. The van der Waals surface area contributed by atoms with Crippen LogP contribution in [-0.4, -0.2) is 29.5 Å². The molecule has 1 aliphatic rings. The number of nitrogens with zero attached hydrogens (tertiary/aromatic N) is 2. The number of para-hydroxylation sites is 1. The third kappa shape index (κ3) is 3.18. The third-order valence-corrected chi connectivity index (χ3v) is 4.64. The van der Waals surface area contributed by atoms with Gasteiger partial charge in [0.1, 0.15) is 5.69 Å². The van der Waals surface area contributed by atoms with Gasteiger partial charge in [-0.2, -0.15) is 16.2 Å². The first kappa shape index (κ1) is 14.1. The smallest absolute Gasteiger partial charge is 0.327 e. The van der Waals surface area contributed by atoms with E-state index in [-0.39, 0.29) is 0 Å². The molecule has 1 atom stereocenters. The zero-order valence-corrected chi connectivity index (χ0v) is 11.7.